The highest BCUT2D eigenvalue weighted by Crippen LogP contribution is 2.24. The van der Waals surface area contributed by atoms with Gasteiger partial charge in [0.05, 0.1) is 19.6 Å². The summed E-state index contributed by atoms with van der Waals surface area (Å²) in [6.45, 7) is 5.41. The molecule has 2 N–H and O–H groups in total. The number of carbonyl (C=O) groups excluding carboxylic acids is 4. The molecule has 2 aromatic rings. The molecule has 41 heavy (non-hydrogen) atoms. The molecule has 1 aromatic carbocycles. The van der Waals surface area contributed by atoms with Gasteiger partial charge in [-0.3, -0.25) is 24.2 Å². The third-order valence-corrected chi connectivity index (χ3v) is 6.86. The van der Waals surface area contributed by atoms with Gasteiger partial charge in [0.15, 0.2) is 12.4 Å². The average Bonchev–Trinajstić information content (AvgIpc) is 3.42. The smallest absolute Gasteiger partial charge is 0.410 e. The number of carboxylic acids is 1. The Bertz CT molecular complexity index is 1280. The van der Waals surface area contributed by atoms with Crippen molar-refractivity contribution in [1.82, 2.24) is 24.7 Å². The second-order valence-electron chi connectivity index (χ2n) is 11.1. The van der Waals surface area contributed by atoms with Crippen molar-refractivity contribution in [3.63, 3.8) is 0 Å². The Labute approximate surface area is 237 Å². The minimum absolute atomic E-state index is 0.00182. The highest BCUT2D eigenvalue weighted by Gasteiger charge is 2.37. The van der Waals surface area contributed by atoms with Crippen LogP contribution in [-0.2, 0) is 25.5 Å². The van der Waals surface area contributed by atoms with Gasteiger partial charge in [-0.1, -0.05) is 0 Å². The van der Waals surface area contributed by atoms with E-state index in [0.717, 1.165) is 4.90 Å². The number of benzene rings is 1. The van der Waals surface area contributed by atoms with Crippen LogP contribution in [0, 0.1) is 0 Å². The number of piperidine rings is 1. The summed E-state index contributed by atoms with van der Waals surface area (Å²) < 4.78 is 10.8. The Morgan fingerprint density at radius 2 is 1.78 bits per heavy atom. The molecular formula is C28H35N5O8. The van der Waals surface area contributed by atoms with Crippen molar-refractivity contribution in [2.75, 3.05) is 39.3 Å². The average molecular weight is 570 g/mol. The third kappa shape index (κ3) is 7.91. The van der Waals surface area contributed by atoms with Crippen LogP contribution >= 0.6 is 0 Å². The molecule has 3 heterocycles. The molecular weight excluding hydrogens is 534 g/mol. The number of carbonyl (C=O) groups is 5. The summed E-state index contributed by atoms with van der Waals surface area (Å²) in [7, 11) is 0. The van der Waals surface area contributed by atoms with Crippen LogP contribution in [-0.4, -0.2) is 110 Å². The molecule has 220 valence electrons. The quantitative estimate of drug-likeness (QED) is 0.336. The van der Waals surface area contributed by atoms with E-state index in [2.05, 4.69) is 9.97 Å². The molecule has 2 saturated heterocycles. The molecule has 0 saturated carbocycles. The highest BCUT2D eigenvalue weighted by atomic mass is 16.6. The van der Waals surface area contributed by atoms with E-state index in [1.807, 2.05) is 25.7 Å². The van der Waals surface area contributed by atoms with Gasteiger partial charge in [-0.05, 0) is 51.8 Å². The van der Waals surface area contributed by atoms with E-state index < -0.39 is 42.3 Å². The number of rotatable bonds is 9. The predicted molar refractivity (Wildman–Crippen MR) is 144 cm³/mol. The minimum atomic E-state index is -1.14. The van der Waals surface area contributed by atoms with E-state index in [0.29, 0.717) is 43.1 Å². The summed E-state index contributed by atoms with van der Waals surface area (Å²) in [6, 6.07) is 4.50. The maximum absolute atomic E-state index is 13.2. The summed E-state index contributed by atoms with van der Waals surface area (Å²) in [5.41, 5.74) is 0.205. The second-order valence-corrected chi connectivity index (χ2v) is 11.1. The number of ether oxygens (including phenoxy) is 2. The summed E-state index contributed by atoms with van der Waals surface area (Å²) >= 11 is 0. The number of hydrogen-bond donors (Lipinski definition) is 2. The van der Waals surface area contributed by atoms with Gasteiger partial charge in [0, 0.05) is 49.1 Å². The number of carboxylic acid groups (broad SMARTS) is 1. The van der Waals surface area contributed by atoms with Crippen molar-refractivity contribution < 1.29 is 38.6 Å². The lowest BCUT2D eigenvalue weighted by Crippen LogP contribution is -2.59. The number of ketones is 1. The molecule has 13 heteroatoms. The SMILES string of the molecule is CC(C)(C)OC(=O)N1CCC(N2CC(=O)N(CC(=O)c3ccc(OCC(=O)O)c(Cc4ncc[nH]4)c3)C(=O)C2)CC1. The lowest BCUT2D eigenvalue weighted by molar-refractivity contribution is -0.152. The molecule has 0 radical (unpaired) electrons. The van der Waals surface area contributed by atoms with Gasteiger partial charge >= 0.3 is 12.1 Å². The minimum Gasteiger partial charge on any atom is -0.482 e. The van der Waals surface area contributed by atoms with Gasteiger partial charge in [0.25, 0.3) is 0 Å². The number of aliphatic carboxylic acids is 1. The number of imidazole rings is 1. The molecule has 1 aromatic heterocycles. The van der Waals surface area contributed by atoms with Gasteiger partial charge in [0.2, 0.25) is 11.8 Å². The van der Waals surface area contributed by atoms with Crippen LogP contribution in [0.2, 0.25) is 0 Å². The zero-order valence-electron chi connectivity index (χ0n) is 23.4. The van der Waals surface area contributed by atoms with E-state index in [4.69, 9.17) is 14.6 Å². The number of nitrogens with zero attached hydrogens (tertiary/aromatic N) is 4. The molecule has 13 nitrogen and oxygen atoms in total. The van der Waals surface area contributed by atoms with E-state index in [1.54, 1.807) is 23.4 Å². The molecule has 0 bridgehead atoms. The fourth-order valence-electron chi connectivity index (χ4n) is 4.87. The van der Waals surface area contributed by atoms with Gasteiger partial charge in [0.1, 0.15) is 17.2 Å². The number of Topliss-reactive ketones (excluding diaryl/α,β-unsaturated/α-hetero) is 1. The molecule has 0 spiro atoms. The summed E-state index contributed by atoms with van der Waals surface area (Å²) in [5, 5.41) is 8.98. The number of piperazine rings is 1. The first-order valence-electron chi connectivity index (χ1n) is 13.4. The molecule has 0 unspecified atom stereocenters. The number of aromatic amines is 1. The first-order chi connectivity index (χ1) is 19.4. The van der Waals surface area contributed by atoms with Crippen LogP contribution in [0.4, 0.5) is 4.79 Å². The van der Waals surface area contributed by atoms with Crippen LogP contribution < -0.4 is 4.74 Å². The Kier molecular flexibility index (Phi) is 9.06. The lowest BCUT2D eigenvalue weighted by atomic mass is 10.0. The van der Waals surface area contributed by atoms with Crippen LogP contribution in [0.25, 0.3) is 0 Å². The van der Waals surface area contributed by atoms with Crippen molar-refractivity contribution in [3.8, 4) is 5.75 Å². The Morgan fingerprint density at radius 1 is 1.10 bits per heavy atom. The summed E-state index contributed by atoms with van der Waals surface area (Å²) in [6.07, 6.45) is 4.31. The first-order valence-corrected chi connectivity index (χ1v) is 13.4. The number of likely N-dealkylation sites (tertiary alicyclic amines) is 1. The monoisotopic (exact) mass is 569 g/mol. The van der Waals surface area contributed by atoms with Gasteiger partial charge < -0.3 is 24.5 Å². The number of H-pyrrole nitrogens is 1. The van der Waals surface area contributed by atoms with Crippen molar-refractivity contribution in [1.29, 1.82) is 0 Å². The third-order valence-electron chi connectivity index (χ3n) is 6.86. The molecule has 0 atom stereocenters. The largest absolute Gasteiger partial charge is 0.482 e. The first kappa shape index (κ1) is 29.7. The Morgan fingerprint density at radius 3 is 2.37 bits per heavy atom. The zero-order valence-corrected chi connectivity index (χ0v) is 23.4. The summed E-state index contributed by atoms with van der Waals surface area (Å²) in [4.78, 5) is 74.0. The molecule has 0 aliphatic carbocycles. The van der Waals surface area contributed by atoms with E-state index >= 15 is 0 Å². The lowest BCUT2D eigenvalue weighted by Gasteiger charge is -2.41. The van der Waals surface area contributed by atoms with Crippen molar-refractivity contribution in [2.24, 2.45) is 0 Å². The van der Waals surface area contributed by atoms with Crippen LogP contribution in [0.5, 0.6) is 5.75 Å². The Hall–Kier alpha value is -4.26. The number of hydrogen-bond acceptors (Lipinski definition) is 9. The molecule has 2 aliphatic rings. The number of amides is 3. The van der Waals surface area contributed by atoms with E-state index in [-0.39, 0.29) is 37.2 Å². The van der Waals surface area contributed by atoms with Crippen molar-refractivity contribution in [3.05, 3.63) is 47.5 Å². The zero-order chi connectivity index (χ0) is 29.7. The maximum atomic E-state index is 13.2. The fourth-order valence-corrected chi connectivity index (χ4v) is 4.87. The van der Waals surface area contributed by atoms with Crippen LogP contribution in [0.1, 0.15) is 55.4 Å². The fraction of sp³-hybridized carbons (Fsp3) is 0.500. The van der Waals surface area contributed by atoms with Gasteiger partial charge in [-0.2, -0.15) is 0 Å². The van der Waals surface area contributed by atoms with Crippen LogP contribution in [0.15, 0.2) is 30.6 Å². The number of nitrogens with one attached hydrogen (secondary N) is 1. The molecule has 2 fully saturated rings. The van der Waals surface area contributed by atoms with Crippen molar-refractivity contribution in [2.45, 2.75) is 51.7 Å². The number of imide groups is 1. The highest BCUT2D eigenvalue weighted by molar-refractivity contribution is 6.06. The van der Waals surface area contributed by atoms with E-state index in [1.165, 1.54) is 12.1 Å². The number of aromatic nitrogens is 2. The summed E-state index contributed by atoms with van der Waals surface area (Å²) in [5.74, 6) is -1.61. The van der Waals surface area contributed by atoms with Crippen molar-refractivity contribution >= 4 is 29.7 Å². The topological polar surface area (TPSA) is 162 Å². The van der Waals surface area contributed by atoms with E-state index in [9.17, 15) is 24.0 Å². The maximum Gasteiger partial charge on any atom is 0.410 e. The van der Waals surface area contributed by atoms with Crippen LogP contribution in [0.3, 0.4) is 0 Å². The molecule has 4 rings (SSSR count). The second kappa shape index (κ2) is 12.5. The predicted octanol–water partition coefficient (Wildman–Crippen LogP) is 1.72. The van der Waals surface area contributed by atoms with Gasteiger partial charge in [-0.25, -0.2) is 14.6 Å². The standard InChI is InChI=1S/C28H35N5O8/c1-28(2,3)41-27(39)31-10-6-20(7-11-31)32-15-24(35)33(25(36)16-32)14-21(34)18-4-5-22(40-17-26(37)38)19(12-18)13-23-29-8-9-30-23/h4-5,8-9,12,20H,6-7,10-11,13-17H2,1-3H3,(H,29,30)(H,37,38). The normalized spacial score (nSPS) is 17.0. The molecule has 2 aliphatic heterocycles. The Balaban J connectivity index is 1.36. The molecule has 3 amide bonds. The van der Waals surface area contributed by atoms with Gasteiger partial charge in [-0.15, -0.1) is 0 Å².